The molecule has 90 valence electrons. The number of hydrogen-bond acceptors (Lipinski definition) is 4. The summed E-state index contributed by atoms with van der Waals surface area (Å²) < 4.78 is 9.95. The molecule has 0 aromatic carbocycles. The number of carbonyl (C=O) groups is 1. The molecule has 1 fully saturated rings. The van der Waals surface area contributed by atoms with E-state index in [4.69, 9.17) is 14.9 Å². The fraction of sp³-hybridized carbons (Fsp3) is 0.545. The highest BCUT2D eigenvalue weighted by atomic mass is 16.5. The topological polar surface area (TPSA) is 77.5 Å². The zero-order valence-corrected chi connectivity index (χ0v) is 9.44. The van der Waals surface area contributed by atoms with Gasteiger partial charge in [-0.2, -0.15) is 0 Å². The van der Waals surface area contributed by atoms with E-state index in [-0.39, 0.29) is 5.91 Å². The quantitative estimate of drug-likeness (QED) is 0.780. The first-order valence-electron chi connectivity index (χ1n) is 5.35. The maximum absolute atomic E-state index is 10.7. The number of ether oxygens (including phenoxy) is 1. The van der Waals surface area contributed by atoms with Crippen LogP contribution >= 0.6 is 0 Å². The number of hydrogen-bond donors (Lipinski definition) is 2. The van der Waals surface area contributed by atoms with Crippen LogP contribution in [0.5, 0.6) is 0 Å². The smallest absolute Gasteiger partial charge is 0.286 e. The molecule has 5 nitrogen and oxygen atoms in total. The lowest BCUT2D eigenvalue weighted by Crippen LogP contribution is -2.17. The van der Waals surface area contributed by atoms with E-state index in [0.29, 0.717) is 18.4 Å². The highest BCUT2D eigenvalue weighted by Crippen LogP contribution is 2.09. The summed E-state index contributed by atoms with van der Waals surface area (Å²) in [6, 6.07) is 3.28. The van der Waals surface area contributed by atoms with E-state index in [1.165, 1.54) is 12.7 Å². The van der Waals surface area contributed by atoms with Gasteiger partial charge < -0.3 is 20.2 Å². The molecule has 1 atom stereocenters. The van der Waals surface area contributed by atoms with Crippen molar-refractivity contribution in [3.8, 4) is 0 Å². The standard InChI is InChI=1S/C6H7NO2.C5H11NO/c1-7-6(8)5-3-2-4-9-5;6-4-5-2-1-3-7-5/h2-4H,1H3,(H,7,8);5H,1-4,6H2. The first-order chi connectivity index (χ1) is 7.77. The molecule has 1 amide bonds. The molecule has 1 aliphatic rings. The molecule has 2 rings (SSSR count). The minimum absolute atomic E-state index is 0.194. The van der Waals surface area contributed by atoms with Crippen LogP contribution in [0.25, 0.3) is 0 Å². The molecular weight excluding hydrogens is 208 g/mol. The third kappa shape index (κ3) is 4.04. The SMILES string of the molecule is CNC(=O)c1ccco1.NCC1CCCO1. The molecule has 2 heterocycles. The molecular formula is C11H18N2O3. The van der Waals surface area contributed by atoms with Crippen molar-refractivity contribution in [1.29, 1.82) is 0 Å². The van der Waals surface area contributed by atoms with Gasteiger partial charge in [0.2, 0.25) is 0 Å². The lowest BCUT2D eigenvalue weighted by Gasteiger charge is -2.01. The van der Waals surface area contributed by atoms with Gasteiger partial charge in [-0.05, 0) is 25.0 Å². The van der Waals surface area contributed by atoms with Crippen LogP contribution in [0.3, 0.4) is 0 Å². The van der Waals surface area contributed by atoms with Crippen LogP contribution in [-0.2, 0) is 4.74 Å². The normalized spacial score (nSPS) is 18.8. The summed E-state index contributed by atoms with van der Waals surface area (Å²) in [6.07, 6.45) is 4.20. The molecule has 0 bridgehead atoms. The lowest BCUT2D eigenvalue weighted by atomic mass is 10.2. The van der Waals surface area contributed by atoms with E-state index in [0.717, 1.165) is 13.0 Å². The van der Waals surface area contributed by atoms with Crippen molar-refractivity contribution in [3.05, 3.63) is 24.2 Å². The van der Waals surface area contributed by atoms with Gasteiger partial charge in [-0.1, -0.05) is 0 Å². The van der Waals surface area contributed by atoms with Gasteiger partial charge in [0.15, 0.2) is 5.76 Å². The Hall–Kier alpha value is -1.33. The molecule has 1 saturated heterocycles. The van der Waals surface area contributed by atoms with E-state index in [1.807, 2.05) is 0 Å². The predicted molar refractivity (Wildman–Crippen MR) is 60.1 cm³/mol. The third-order valence-electron chi connectivity index (χ3n) is 2.26. The van der Waals surface area contributed by atoms with Crippen molar-refractivity contribution in [2.24, 2.45) is 5.73 Å². The Kier molecular flexibility index (Phi) is 5.60. The Labute approximate surface area is 94.9 Å². The molecule has 3 N–H and O–H groups in total. The zero-order valence-electron chi connectivity index (χ0n) is 9.44. The van der Waals surface area contributed by atoms with E-state index in [9.17, 15) is 4.79 Å². The van der Waals surface area contributed by atoms with E-state index in [1.54, 1.807) is 19.2 Å². The van der Waals surface area contributed by atoms with Crippen molar-refractivity contribution in [2.45, 2.75) is 18.9 Å². The molecule has 0 aliphatic carbocycles. The Morgan fingerprint density at radius 3 is 2.88 bits per heavy atom. The first-order valence-corrected chi connectivity index (χ1v) is 5.35. The second kappa shape index (κ2) is 7.03. The van der Waals surface area contributed by atoms with E-state index in [2.05, 4.69) is 5.32 Å². The molecule has 1 aromatic rings. The molecule has 1 aliphatic heterocycles. The number of nitrogens with one attached hydrogen (secondary N) is 1. The number of nitrogens with two attached hydrogens (primary N) is 1. The van der Waals surface area contributed by atoms with Crippen molar-refractivity contribution in [1.82, 2.24) is 5.32 Å². The second-order valence-corrected chi connectivity index (χ2v) is 3.43. The van der Waals surface area contributed by atoms with E-state index >= 15 is 0 Å². The van der Waals surface area contributed by atoms with Gasteiger partial charge in [0.1, 0.15) is 0 Å². The largest absolute Gasteiger partial charge is 0.459 e. The van der Waals surface area contributed by atoms with Gasteiger partial charge >= 0.3 is 0 Å². The summed E-state index contributed by atoms with van der Waals surface area (Å²) >= 11 is 0. The predicted octanol–water partition coefficient (Wildman–Crippen LogP) is 0.763. The monoisotopic (exact) mass is 226 g/mol. The molecule has 1 unspecified atom stereocenters. The highest BCUT2D eigenvalue weighted by molar-refractivity contribution is 5.91. The fourth-order valence-electron chi connectivity index (χ4n) is 1.36. The summed E-state index contributed by atoms with van der Waals surface area (Å²) in [5, 5.41) is 2.43. The third-order valence-corrected chi connectivity index (χ3v) is 2.26. The van der Waals surface area contributed by atoms with Crippen LogP contribution < -0.4 is 11.1 Å². The molecule has 0 spiro atoms. The fourth-order valence-corrected chi connectivity index (χ4v) is 1.36. The molecule has 5 heteroatoms. The van der Waals surface area contributed by atoms with Crippen LogP contribution in [-0.4, -0.2) is 32.2 Å². The molecule has 0 saturated carbocycles. The maximum Gasteiger partial charge on any atom is 0.286 e. The van der Waals surface area contributed by atoms with Gasteiger partial charge in [0.25, 0.3) is 5.91 Å². The van der Waals surface area contributed by atoms with Crippen molar-refractivity contribution < 1.29 is 13.9 Å². The van der Waals surface area contributed by atoms with Gasteiger partial charge in [-0.3, -0.25) is 4.79 Å². The van der Waals surface area contributed by atoms with Crippen LogP contribution in [0.4, 0.5) is 0 Å². The Bertz CT molecular complexity index is 292. The minimum Gasteiger partial charge on any atom is -0.459 e. The van der Waals surface area contributed by atoms with Gasteiger partial charge in [-0.15, -0.1) is 0 Å². The summed E-state index contributed by atoms with van der Waals surface area (Å²) in [7, 11) is 1.56. The second-order valence-electron chi connectivity index (χ2n) is 3.43. The number of amides is 1. The number of carbonyl (C=O) groups excluding carboxylic acids is 1. The van der Waals surface area contributed by atoms with Crippen LogP contribution in [0.1, 0.15) is 23.4 Å². The number of furan rings is 1. The molecule has 0 radical (unpaired) electrons. The Morgan fingerprint density at radius 2 is 2.50 bits per heavy atom. The van der Waals surface area contributed by atoms with Crippen molar-refractivity contribution >= 4 is 5.91 Å². The summed E-state index contributed by atoms with van der Waals surface area (Å²) in [5.74, 6) is 0.150. The summed E-state index contributed by atoms with van der Waals surface area (Å²) in [6.45, 7) is 1.61. The maximum atomic E-state index is 10.7. The van der Waals surface area contributed by atoms with Gasteiger partial charge in [0, 0.05) is 20.2 Å². The Morgan fingerprint density at radius 1 is 1.69 bits per heavy atom. The van der Waals surface area contributed by atoms with Crippen LogP contribution in [0, 0.1) is 0 Å². The van der Waals surface area contributed by atoms with E-state index < -0.39 is 0 Å². The average molecular weight is 226 g/mol. The minimum atomic E-state index is -0.194. The summed E-state index contributed by atoms with van der Waals surface area (Å²) in [5.41, 5.74) is 5.31. The summed E-state index contributed by atoms with van der Waals surface area (Å²) in [4.78, 5) is 10.7. The zero-order chi connectivity index (χ0) is 11.8. The average Bonchev–Trinajstić information content (AvgIpc) is 3.01. The first kappa shape index (κ1) is 12.7. The van der Waals surface area contributed by atoms with Gasteiger partial charge in [0.05, 0.1) is 12.4 Å². The molecule has 1 aromatic heterocycles. The van der Waals surface area contributed by atoms with Crippen LogP contribution in [0.2, 0.25) is 0 Å². The number of rotatable bonds is 2. The molecule has 16 heavy (non-hydrogen) atoms. The van der Waals surface area contributed by atoms with Crippen LogP contribution in [0.15, 0.2) is 22.8 Å². The van der Waals surface area contributed by atoms with Gasteiger partial charge in [-0.25, -0.2) is 0 Å². The lowest BCUT2D eigenvalue weighted by molar-refractivity contribution is 0.0935. The van der Waals surface area contributed by atoms with Crippen molar-refractivity contribution in [2.75, 3.05) is 20.2 Å². The Balaban J connectivity index is 0.000000165. The highest BCUT2D eigenvalue weighted by Gasteiger charge is 2.11. The van der Waals surface area contributed by atoms with Crippen molar-refractivity contribution in [3.63, 3.8) is 0 Å².